The molecule has 0 atom stereocenters. The maximum Gasteiger partial charge on any atom is 0.261 e. The first-order chi connectivity index (χ1) is 16.9. The van der Waals surface area contributed by atoms with Crippen LogP contribution in [-0.4, -0.2) is 40.9 Å². The Labute approximate surface area is 206 Å². The Balaban J connectivity index is 1.59. The van der Waals surface area contributed by atoms with Gasteiger partial charge < -0.3 is 15.8 Å². The van der Waals surface area contributed by atoms with E-state index in [1.165, 1.54) is 11.8 Å². The lowest BCUT2D eigenvalue weighted by Gasteiger charge is -2.17. The van der Waals surface area contributed by atoms with Gasteiger partial charge in [-0.05, 0) is 48.9 Å². The number of hydrogen-bond donors (Lipinski definition) is 2. The molecule has 0 fully saturated rings. The normalized spacial score (nSPS) is 12.4. The largest absolute Gasteiger partial charge is 0.493 e. The second-order valence-electron chi connectivity index (χ2n) is 7.71. The standard InChI is InChI=1S/C26H23N3O5S/c1-2-34-21-12-11-16(14-29-25(32)17-7-3-4-8-18(17)26(29)33)13-19(21)24(31)28-20-9-5-6-10-22(20)35-15-23(27)30/h3-13H,2,14-15H2,1H3,(H2,27,30)(H,28,31). The fraction of sp³-hybridized carbons (Fsp3) is 0.154. The van der Waals surface area contributed by atoms with Crippen LogP contribution in [0.25, 0.3) is 0 Å². The van der Waals surface area contributed by atoms with Crippen LogP contribution in [0, 0.1) is 0 Å². The summed E-state index contributed by atoms with van der Waals surface area (Å²) in [6.45, 7) is 2.18. The predicted octanol–water partition coefficient (Wildman–Crippen LogP) is 3.71. The van der Waals surface area contributed by atoms with Crippen molar-refractivity contribution < 1.29 is 23.9 Å². The van der Waals surface area contributed by atoms with Crippen LogP contribution in [0.15, 0.2) is 71.6 Å². The zero-order chi connectivity index (χ0) is 24.9. The molecule has 4 amide bonds. The van der Waals surface area contributed by atoms with Crippen molar-refractivity contribution in [3.05, 3.63) is 89.0 Å². The highest BCUT2D eigenvalue weighted by molar-refractivity contribution is 8.00. The number of amides is 4. The molecule has 35 heavy (non-hydrogen) atoms. The molecule has 1 aliphatic rings. The molecule has 3 aromatic carbocycles. The number of anilines is 1. The van der Waals surface area contributed by atoms with E-state index in [0.717, 1.165) is 4.90 Å². The topological polar surface area (TPSA) is 119 Å². The number of ether oxygens (including phenoxy) is 1. The molecule has 0 aliphatic carbocycles. The molecule has 178 valence electrons. The van der Waals surface area contributed by atoms with Gasteiger partial charge in [0.05, 0.1) is 41.3 Å². The zero-order valence-corrected chi connectivity index (χ0v) is 19.8. The molecule has 0 bridgehead atoms. The fourth-order valence-corrected chi connectivity index (χ4v) is 4.48. The number of nitrogens with two attached hydrogens (primary N) is 1. The molecule has 1 aliphatic heterocycles. The second-order valence-corrected chi connectivity index (χ2v) is 8.73. The first kappa shape index (κ1) is 24.0. The summed E-state index contributed by atoms with van der Waals surface area (Å²) in [5.41, 5.74) is 7.37. The van der Waals surface area contributed by atoms with Crippen molar-refractivity contribution in [2.75, 3.05) is 17.7 Å². The number of rotatable bonds is 9. The summed E-state index contributed by atoms with van der Waals surface area (Å²) in [6, 6.07) is 18.7. The van der Waals surface area contributed by atoms with E-state index in [9.17, 15) is 19.2 Å². The molecule has 0 aromatic heterocycles. The van der Waals surface area contributed by atoms with Crippen LogP contribution in [0.2, 0.25) is 0 Å². The van der Waals surface area contributed by atoms with Crippen molar-refractivity contribution in [1.29, 1.82) is 0 Å². The summed E-state index contributed by atoms with van der Waals surface area (Å²) in [4.78, 5) is 51.8. The second kappa shape index (κ2) is 10.4. The molecule has 0 saturated heterocycles. The molecule has 8 nitrogen and oxygen atoms in total. The van der Waals surface area contributed by atoms with Gasteiger partial charge in [-0.1, -0.05) is 30.3 Å². The van der Waals surface area contributed by atoms with E-state index in [4.69, 9.17) is 10.5 Å². The van der Waals surface area contributed by atoms with Gasteiger partial charge >= 0.3 is 0 Å². The van der Waals surface area contributed by atoms with Crippen molar-refractivity contribution in [2.45, 2.75) is 18.4 Å². The molecule has 0 saturated carbocycles. The lowest BCUT2D eigenvalue weighted by Crippen LogP contribution is -2.29. The van der Waals surface area contributed by atoms with Crippen LogP contribution in [0.4, 0.5) is 5.69 Å². The Kier molecular flexibility index (Phi) is 7.17. The predicted molar refractivity (Wildman–Crippen MR) is 133 cm³/mol. The highest BCUT2D eigenvalue weighted by Crippen LogP contribution is 2.30. The van der Waals surface area contributed by atoms with Crippen molar-refractivity contribution in [1.82, 2.24) is 4.90 Å². The number of para-hydroxylation sites is 1. The minimum Gasteiger partial charge on any atom is -0.493 e. The molecular formula is C26H23N3O5S. The SMILES string of the molecule is CCOc1ccc(CN2C(=O)c3ccccc3C2=O)cc1C(=O)Nc1ccccc1SCC(N)=O. The average molecular weight is 490 g/mol. The van der Waals surface area contributed by atoms with E-state index in [1.54, 1.807) is 66.7 Å². The Morgan fingerprint density at radius 2 is 1.63 bits per heavy atom. The van der Waals surface area contributed by atoms with Gasteiger partial charge in [0.2, 0.25) is 5.91 Å². The van der Waals surface area contributed by atoms with Crippen LogP contribution in [-0.2, 0) is 11.3 Å². The number of nitrogens with zero attached hydrogens (tertiary/aromatic N) is 1. The van der Waals surface area contributed by atoms with Crippen molar-refractivity contribution >= 4 is 41.1 Å². The molecule has 0 spiro atoms. The zero-order valence-electron chi connectivity index (χ0n) is 18.9. The lowest BCUT2D eigenvalue weighted by molar-refractivity contribution is -0.115. The smallest absolute Gasteiger partial charge is 0.261 e. The van der Waals surface area contributed by atoms with Gasteiger partial charge in [-0.25, -0.2) is 0 Å². The number of thioether (sulfide) groups is 1. The van der Waals surface area contributed by atoms with Crippen LogP contribution in [0.5, 0.6) is 5.75 Å². The van der Waals surface area contributed by atoms with Crippen LogP contribution >= 0.6 is 11.8 Å². The number of carbonyl (C=O) groups excluding carboxylic acids is 4. The maximum atomic E-state index is 13.3. The molecule has 0 unspecified atom stereocenters. The van der Waals surface area contributed by atoms with Gasteiger partial charge in [0.1, 0.15) is 5.75 Å². The van der Waals surface area contributed by atoms with E-state index in [0.29, 0.717) is 39.6 Å². The van der Waals surface area contributed by atoms with E-state index >= 15 is 0 Å². The summed E-state index contributed by atoms with van der Waals surface area (Å²) in [7, 11) is 0. The minimum absolute atomic E-state index is 0.0179. The van der Waals surface area contributed by atoms with Crippen molar-refractivity contribution in [3.8, 4) is 5.75 Å². The highest BCUT2D eigenvalue weighted by Gasteiger charge is 2.35. The third-order valence-electron chi connectivity index (χ3n) is 5.31. The van der Waals surface area contributed by atoms with Gasteiger partial charge in [0.15, 0.2) is 0 Å². The van der Waals surface area contributed by atoms with Gasteiger partial charge in [0, 0.05) is 4.90 Å². The lowest BCUT2D eigenvalue weighted by atomic mass is 10.1. The van der Waals surface area contributed by atoms with Crippen molar-refractivity contribution in [2.24, 2.45) is 5.73 Å². The number of carbonyl (C=O) groups is 4. The number of nitrogens with one attached hydrogen (secondary N) is 1. The monoisotopic (exact) mass is 489 g/mol. The summed E-state index contributed by atoms with van der Waals surface area (Å²) < 4.78 is 5.65. The van der Waals surface area contributed by atoms with Gasteiger partial charge in [-0.15, -0.1) is 11.8 Å². The third-order valence-corrected chi connectivity index (χ3v) is 6.41. The molecule has 1 heterocycles. The van der Waals surface area contributed by atoms with Gasteiger partial charge in [-0.3, -0.25) is 24.1 Å². The van der Waals surface area contributed by atoms with Crippen LogP contribution in [0.3, 0.4) is 0 Å². The molecular weight excluding hydrogens is 466 g/mol. The first-order valence-corrected chi connectivity index (χ1v) is 11.9. The Bertz CT molecular complexity index is 1290. The summed E-state index contributed by atoms with van der Waals surface area (Å²) in [5, 5.41) is 2.86. The molecule has 3 aromatic rings. The quantitative estimate of drug-likeness (QED) is 0.349. The average Bonchev–Trinajstić information content (AvgIpc) is 3.09. The summed E-state index contributed by atoms with van der Waals surface area (Å²) in [5.74, 6) is -1.18. The molecule has 0 radical (unpaired) electrons. The van der Waals surface area contributed by atoms with Crippen LogP contribution in [0.1, 0.15) is 43.6 Å². The number of fused-ring (bicyclic) bond motifs is 1. The van der Waals surface area contributed by atoms with E-state index in [2.05, 4.69) is 5.32 Å². The number of hydrogen-bond acceptors (Lipinski definition) is 6. The van der Waals surface area contributed by atoms with Gasteiger partial charge in [0.25, 0.3) is 17.7 Å². The third kappa shape index (κ3) is 5.20. The molecule has 9 heteroatoms. The molecule has 3 N–H and O–H groups in total. The summed E-state index contributed by atoms with van der Waals surface area (Å²) >= 11 is 1.22. The number of primary amides is 1. The summed E-state index contributed by atoms with van der Waals surface area (Å²) in [6.07, 6.45) is 0. The Morgan fingerprint density at radius 3 is 2.29 bits per heavy atom. The van der Waals surface area contributed by atoms with Crippen molar-refractivity contribution in [3.63, 3.8) is 0 Å². The minimum atomic E-state index is -0.462. The number of benzene rings is 3. The van der Waals surface area contributed by atoms with E-state index in [-0.39, 0.29) is 29.7 Å². The van der Waals surface area contributed by atoms with Gasteiger partial charge in [-0.2, -0.15) is 0 Å². The Hall–Kier alpha value is -4.11. The molecule has 4 rings (SSSR count). The van der Waals surface area contributed by atoms with Crippen LogP contribution < -0.4 is 15.8 Å². The highest BCUT2D eigenvalue weighted by atomic mass is 32.2. The van der Waals surface area contributed by atoms with E-state index < -0.39 is 11.8 Å². The fourth-order valence-electron chi connectivity index (χ4n) is 3.73. The van der Waals surface area contributed by atoms with E-state index in [1.807, 2.05) is 6.92 Å². The first-order valence-electron chi connectivity index (χ1n) is 10.9. The maximum absolute atomic E-state index is 13.3. The number of imide groups is 1. The Morgan fingerprint density at radius 1 is 0.971 bits per heavy atom.